The molecule has 0 aliphatic rings. The van der Waals surface area contributed by atoms with Crippen LogP contribution in [-0.2, 0) is 0 Å². The standard InChI is InChI=1S/C7H5ClF3NO2/c1-13-5-2-4(8)3-12-6(5)14-7(9,10)11/h2-3H,1H3. The van der Waals surface area contributed by atoms with Gasteiger partial charge in [-0.3, -0.25) is 0 Å². The Hall–Kier alpha value is -1.17. The third-order valence-corrected chi connectivity index (χ3v) is 1.42. The number of rotatable bonds is 2. The summed E-state index contributed by atoms with van der Waals surface area (Å²) in [5.41, 5.74) is 0. The van der Waals surface area contributed by atoms with Crippen molar-refractivity contribution >= 4 is 11.6 Å². The van der Waals surface area contributed by atoms with E-state index in [1.807, 2.05) is 0 Å². The fourth-order valence-electron chi connectivity index (χ4n) is 0.741. The lowest BCUT2D eigenvalue weighted by atomic mass is 10.4. The summed E-state index contributed by atoms with van der Waals surface area (Å²) in [5.74, 6) is -0.834. The second-order valence-corrected chi connectivity index (χ2v) is 2.65. The van der Waals surface area contributed by atoms with E-state index in [2.05, 4.69) is 14.5 Å². The summed E-state index contributed by atoms with van der Waals surface area (Å²) in [4.78, 5) is 3.34. The van der Waals surface area contributed by atoms with Gasteiger partial charge in [0.1, 0.15) is 0 Å². The molecule has 0 atom stereocenters. The molecule has 0 spiro atoms. The Morgan fingerprint density at radius 2 is 2.07 bits per heavy atom. The molecule has 0 saturated carbocycles. The van der Waals surface area contributed by atoms with Crippen molar-refractivity contribution in [3.63, 3.8) is 0 Å². The summed E-state index contributed by atoms with van der Waals surface area (Å²) in [6.45, 7) is 0. The fraction of sp³-hybridized carbons (Fsp3) is 0.286. The Morgan fingerprint density at radius 3 is 2.57 bits per heavy atom. The first kappa shape index (κ1) is 10.9. The number of methoxy groups -OCH3 is 1. The van der Waals surface area contributed by atoms with Gasteiger partial charge in [0, 0.05) is 12.3 Å². The molecule has 78 valence electrons. The minimum atomic E-state index is -4.80. The van der Waals surface area contributed by atoms with Crippen LogP contribution >= 0.6 is 11.6 Å². The Bertz CT molecular complexity index is 329. The second kappa shape index (κ2) is 3.91. The van der Waals surface area contributed by atoms with E-state index in [0.717, 1.165) is 6.20 Å². The van der Waals surface area contributed by atoms with E-state index in [0.29, 0.717) is 0 Å². The van der Waals surface area contributed by atoms with Gasteiger partial charge in [0.2, 0.25) is 0 Å². The highest BCUT2D eigenvalue weighted by Gasteiger charge is 2.33. The van der Waals surface area contributed by atoms with Gasteiger partial charge in [-0.15, -0.1) is 13.2 Å². The zero-order valence-corrected chi connectivity index (χ0v) is 7.69. The monoisotopic (exact) mass is 227 g/mol. The molecule has 0 saturated heterocycles. The van der Waals surface area contributed by atoms with Crippen LogP contribution in [0.4, 0.5) is 13.2 Å². The quantitative estimate of drug-likeness (QED) is 0.778. The van der Waals surface area contributed by atoms with Crippen molar-refractivity contribution < 1.29 is 22.6 Å². The Balaban J connectivity index is 2.97. The maximum absolute atomic E-state index is 11.8. The Morgan fingerprint density at radius 1 is 1.43 bits per heavy atom. The molecule has 0 bridgehead atoms. The highest BCUT2D eigenvalue weighted by molar-refractivity contribution is 6.30. The third kappa shape index (κ3) is 2.95. The van der Waals surface area contributed by atoms with Gasteiger partial charge in [0.05, 0.1) is 12.1 Å². The van der Waals surface area contributed by atoms with Crippen LogP contribution in [0.15, 0.2) is 12.3 Å². The van der Waals surface area contributed by atoms with Crippen LogP contribution in [0.3, 0.4) is 0 Å². The van der Waals surface area contributed by atoms with E-state index in [9.17, 15) is 13.2 Å². The van der Waals surface area contributed by atoms with Gasteiger partial charge in [-0.25, -0.2) is 4.98 Å². The van der Waals surface area contributed by atoms with Gasteiger partial charge in [-0.05, 0) is 0 Å². The highest BCUT2D eigenvalue weighted by atomic mass is 35.5. The van der Waals surface area contributed by atoms with Crippen molar-refractivity contribution in [3.05, 3.63) is 17.3 Å². The van der Waals surface area contributed by atoms with Crippen LogP contribution in [0.1, 0.15) is 0 Å². The summed E-state index contributed by atoms with van der Waals surface area (Å²) in [6, 6.07) is 1.18. The largest absolute Gasteiger partial charge is 0.574 e. The number of halogens is 4. The van der Waals surface area contributed by atoms with Crippen LogP contribution in [0, 0.1) is 0 Å². The van der Waals surface area contributed by atoms with Crippen molar-refractivity contribution in [2.24, 2.45) is 0 Å². The average molecular weight is 228 g/mol. The number of hydrogen-bond acceptors (Lipinski definition) is 3. The van der Waals surface area contributed by atoms with Crippen molar-refractivity contribution in [2.75, 3.05) is 7.11 Å². The predicted octanol–water partition coefficient (Wildman–Crippen LogP) is 2.64. The minimum absolute atomic E-state index is 0.163. The summed E-state index contributed by atoms with van der Waals surface area (Å²) >= 11 is 5.49. The zero-order valence-electron chi connectivity index (χ0n) is 6.93. The van der Waals surface area contributed by atoms with E-state index in [1.165, 1.54) is 13.2 Å². The van der Waals surface area contributed by atoms with E-state index < -0.39 is 12.2 Å². The maximum atomic E-state index is 11.8. The lowest BCUT2D eigenvalue weighted by Gasteiger charge is -2.10. The first-order valence-electron chi connectivity index (χ1n) is 3.37. The van der Waals surface area contributed by atoms with Crippen LogP contribution < -0.4 is 9.47 Å². The van der Waals surface area contributed by atoms with E-state index in [-0.39, 0.29) is 10.8 Å². The molecule has 0 aromatic carbocycles. The maximum Gasteiger partial charge on any atom is 0.574 e. The predicted molar refractivity (Wildman–Crippen MR) is 42.5 cm³/mol. The van der Waals surface area contributed by atoms with Gasteiger partial charge < -0.3 is 9.47 Å². The summed E-state index contributed by atoms with van der Waals surface area (Å²) in [6.07, 6.45) is -3.76. The molecule has 1 heterocycles. The van der Waals surface area contributed by atoms with E-state index >= 15 is 0 Å². The van der Waals surface area contributed by atoms with Gasteiger partial charge in [0.15, 0.2) is 5.75 Å². The highest BCUT2D eigenvalue weighted by Crippen LogP contribution is 2.31. The number of hydrogen-bond donors (Lipinski definition) is 0. The lowest BCUT2D eigenvalue weighted by molar-refractivity contribution is -0.276. The van der Waals surface area contributed by atoms with Gasteiger partial charge >= 0.3 is 6.36 Å². The molecule has 0 aliphatic heterocycles. The summed E-state index contributed by atoms with van der Waals surface area (Å²) < 4.78 is 43.6. The van der Waals surface area contributed by atoms with Crippen LogP contribution in [-0.4, -0.2) is 18.5 Å². The van der Waals surface area contributed by atoms with Crippen molar-refractivity contribution in [1.82, 2.24) is 4.98 Å². The van der Waals surface area contributed by atoms with E-state index in [4.69, 9.17) is 11.6 Å². The molecule has 7 heteroatoms. The molecule has 0 amide bonds. The SMILES string of the molecule is COc1cc(Cl)cnc1OC(F)(F)F. The van der Waals surface area contributed by atoms with Crippen molar-refractivity contribution in [3.8, 4) is 11.6 Å². The smallest absolute Gasteiger partial charge is 0.491 e. The molecule has 14 heavy (non-hydrogen) atoms. The third-order valence-electron chi connectivity index (χ3n) is 1.22. The van der Waals surface area contributed by atoms with Crippen LogP contribution in [0.5, 0.6) is 11.6 Å². The fourth-order valence-corrected chi connectivity index (χ4v) is 0.889. The first-order valence-corrected chi connectivity index (χ1v) is 3.75. The normalized spacial score (nSPS) is 11.2. The van der Waals surface area contributed by atoms with Gasteiger partial charge in [-0.2, -0.15) is 0 Å². The van der Waals surface area contributed by atoms with E-state index in [1.54, 1.807) is 0 Å². The number of nitrogens with zero attached hydrogens (tertiary/aromatic N) is 1. The van der Waals surface area contributed by atoms with Crippen molar-refractivity contribution in [1.29, 1.82) is 0 Å². The van der Waals surface area contributed by atoms with Crippen molar-refractivity contribution in [2.45, 2.75) is 6.36 Å². The number of alkyl halides is 3. The molecule has 1 aromatic heterocycles. The number of pyridine rings is 1. The van der Waals surface area contributed by atoms with Crippen LogP contribution in [0.25, 0.3) is 0 Å². The molecule has 0 radical (unpaired) electrons. The lowest BCUT2D eigenvalue weighted by Crippen LogP contribution is -2.18. The van der Waals surface area contributed by atoms with Crippen LogP contribution in [0.2, 0.25) is 5.02 Å². The number of ether oxygens (including phenoxy) is 2. The molecular formula is C7H5ClF3NO2. The Labute approximate surface area is 82.4 Å². The number of aromatic nitrogens is 1. The molecule has 0 aliphatic carbocycles. The zero-order chi connectivity index (χ0) is 10.8. The van der Waals surface area contributed by atoms with Gasteiger partial charge in [-0.1, -0.05) is 11.6 Å². The molecule has 0 N–H and O–H groups in total. The molecule has 1 aromatic rings. The molecule has 0 unspecified atom stereocenters. The molecular weight excluding hydrogens is 223 g/mol. The second-order valence-electron chi connectivity index (χ2n) is 2.21. The topological polar surface area (TPSA) is 31.4 Å². The minimum Gasteiger partial charge on any atom is -0.491 e. The molecule has 0 fully saturated rings. The summed E-state index contributed by atoms with van der Waals surface area (Å²) in [7, 11) is 1.19. The van der Waals surface area contributed by atoms with Gasteiger partial charge in [0.25, 0.3) is 5.88 Å². The molecule has 3 nitrogen and oxygen atoms in total. The average Bonchev–Trinajstić information content (AvgIpc) is 2.06. The Kier molecular flexibility index (Phi) is 3.05. The molecule has 1 rings (SSSR count). The first-order chi connectivity index (χ1) is 6.42. The summed E-state index contributed by atoms with van der Waals surface area (Å²) in [5, 5.41) is 0.163.